The molecule has 0 radical (unpaired) electrons. The van der Waals surface area contributed by atoms with Gasteiger partial charge >= 0.3 is 0 Å². The quantitative estimate of drug-likeness (QED) is 0.679. The second-order valence-electron chi connectivity index (χ2n) is 6.39. The summed E-state index contributed by atoms with van der Waals surface area (Å²) in [5.74, 6) is 0. The first kappa shape index (κ1) is 16.5. The van der Waals surface area contributed by atoms with Crippen LogP contribution in [-0.4, -0.2) is 47.3 Å². The van der Waals surface area contributed by atoms with Crippen molar-refractivity contribution in [2.45, 2.75) is 6.92 Å². The highest BCUT2D eigenvalue weighted by Gasteiger charge is 2.12. The third-order valence-corrected chi connectivity index (χ3v) is 4.44. The van der Waals surface area contributed by atoms with E-state index in [2.05, 4.69) is 48.4 Å². The summed E-state index contributed by atoms with van der Waals surface area (Å²) in [6.07, 6.45) is 3.95. The number of nitrogens with zero attached hydrogens (tertiary/aromatic N) is 4. The molecule has 2 aromatic carbocycles. The van der Waals surface area contributed by atoms with Crippen molar-refractivity contribution in [2.75, 3.05) is 26.3 Å². The molecule has 2 heterocycles. The molecule has 1 saturated heterocycles. The fourth-order valence-electron chi connectivity index (χ4n) is 2.94. The molecule has 3 aromatic rings. The Morgan fingerprint density at radius 1 is 1.00 bits per heavy atom. The number of morpholine rings is 1. The third kappa shape index (κ3) is 3.68. The second-order valence-corrected chi connectivity index (χ2v) is 6.39. The predicted octanol–water partition coefficient (Wildman–Crippen LogP) is 3.51. The number of para-hydroxylation sites is 1. The minimum atomic E-state index is 0.728. The number of aromatic nitrogens is 2. The van der Waals surface area contributed by atoms with Gasteiger partial charge in [-0.05, 0) is 19.1 Å². The molecule has 1 aliphatic heterocycles. The fraction of sp³-hybridized carbons (Fsp3) is 0.238. The van der Waals surface area contributed by atoms with E-state index in [0.717, 1.165) is 48.8 Å². The Labute approximate surface area is 153 Å². The van der Waals surface area contributed by atoms with Crippen molar-refractivity contribution in [1.29, 1.82) is 0 Å². The molecule has 0 saturated carbocycles. The Kier molecular flexibility index (Phi) is 4.80. The van der Waals surface area contributed by atoms with Crippen LogP contribution in [0.4, 0.5) is 0 Å². The summed E-state index contributed by atoms with van der Waals surface area (Å²) >= 11 is 0. The van der Waals surface area contributed by atoms with Gasteiger partial charge in [0, 0.05) is 17.3 Å². The monoisotopic (exact) mass is 346 g/mol. The van der Waals surface area contributed by atoms with Crippen molar-refractivity contribution in [1.82, 2.24) is 14.8 Å². The van der Waals surface area contributed by atoms with E-state index in [-0.39, 0.29) is 0 Å². The van der Waals surface area contributed by atoms with Crippen LogP contribution in [0.25, 0.3) is 16.9 Å². The van der Waals surface area contributed by atoms with Crippen molar-refractivity contribution >= 4 is 6.21 Å². The lowest BCUT2D eigenvalue weighted by molar-refractivity contribution is 0.0397. The van der Waals surface area contributed by atoms with Crippen molar-refractivity contribution < 1.29 is 4.74 Å². The maximum Gasteiger partial charge on any atom is 0.102 e. The minimum Gasteiger partial charge on any atom is -0.378 e. The number of hydrazone groups is 1. The maximum absolute atomic E-state index is 5.39. The van der Waals surface area contributed by atoms with Gasteiger partial charge in [-0.2, -0.15) is 10.2 Å². The van der Waals surface area contributed by atoms with E-state index in [1.54, 1.807) is 0 Å². The van der Waals surface area contributed by atoms with Crippen LogP contribution in [0.1, 0.15) is 11.1 Å². The molecule has 5 heteroatoms. The van der Waals surface area contributed by atoms with Gasteiger partial charge in [-0.1, -0.05) is 48.0 Å². The van der Waals surface area contributed by atoms with E-state index >= 15 is 0 Å². The van der Waals surface area contributed by atoms with Crippen molar-refractivity contribution in [2.24, 2.45) is 5.10 Å². The van der Waals surface area contributed by atoms with Crippen LogP contribution in [0.5, 0.6) is 0 Å². The van der Waals surface area contributed by atoms with Gasteiger partial charge in [-0.3, -0.25) is 5.01 Å². The number of ether oxygens (including phenoxy) is 1. The fourth-order valence-corrected chi connectivity index (χ4v) is 2.94. The average Bonchev–Trinajstić information content (AvgIpc) is 3.13. The van der Waals surface area contributed by atoms with Crippen LogP contribution >= 0.6 is 0 Å². The third-order valence-electron chi connectivity index (χ3n) is 4.44. The van der Waals surface area contributed by atoms with Gasteiger partial charge in [-0.25, -0.2) is 4.68 Å². The average molecular weight is 346 g/mol. The lowest BCUT2D eigenvalue weighted by atomic mass is 10.1. The molecule has 4 rings (SSSR count). The summed E-state index contributed by atoms with van der Waals surface area (Å²) in [4.78, 5) is 0. The normalized spacial score (nSPS) is 14.9. The van der Waals surface area contributed by atoms with Gasteiger partial charge < -0.3 is 4.74 Å². The van der Waals surface area contributed by atoms with Crippen LogP contribution in [-0.2, 0) is 4.74 Å². The Morgan fingerprint density at radius 3 is 2.46 bits per heavy atom. The van der Waals surface area contributed by atoms with Crippen LogP contribution in [0.15, 0.2) is 65.9 Å². The zero-order valence-corrected chi connectivity index (χ0v) is 14.9. The molecular weight excluding hydrogens is 324 g/mol. The summed E-state index contributed by atoms with van der Waals surface area (Å²) in [6.45, 7) is 5.19. The number of hydrogen-bond acceptors (Lipinski definition) is 4. The van der Waals surface area contributed by atoms with Crippen LogP contribution in [0, 0.1) is 6.92 Å². The Balaban J connectivity index is 1.71. The van der Waals surface area contributed by atoms with Gasteiger partial charge in [0.05, 0.1) is 38.2 Å². The van der Waals surface area contributed by atoms with Crippen molar-refractivity contribution in [3.63, 3.8) is 0 Å². The standard InChI is InChI=1S/C21H22N4O/c1-17-7-9-18(10-8-17)21-19(15-22-24-11-13-26-14-12-24)16-25(23-21)20-5-3-2-4-6-20/h2-10,15-16H,11-14H2,1H3/b22-15-. The first-order valence-corrected chi connectivity index (χ1v) is 8.88. The highest BCUT2D eigenvalue weighted by Crippen LogP contribution is 2.23. The zero-order chi connectivity index (χ0) is 17.8. The topological polar surface area (TPSA) is 42.7 Å². The summed E-state index contributed by atoms with van der Waals surface area (Å²) < 4.78 is 7.30. The van der Waals surface area contributed by atoms with E-state index in [1.165, 1.54) is 5.56 Å². The highest BCUT2D eigenvalue weighted by molar-refractivity contribution is 5.88. The molecule has 0 unspecified atom stereocenters. The van der Waals surface area contributed by atoms with Crippen molar-refractivity contribution in [3.8, 4) is 16.9 Å². The molecule has 1 aliphatic rings. The number of aryl methyl sites for hydroxylation is 1. The number of benzene rings is 2. The van der Waals surface area contributed by atoms with E-state index in [4.69, 9.17) is 9.84 Å². The van der Waals surface area contributed by atoms with Gasteiger partial charge in [0.25, 0.3) is 0 Å². The summed E-state index contributed by atoms with van der Waals surface area (Å²) in [7, 11) is 0. The van der Waals surface area contributed by atoms with E-state index in [9.17, 15) is 0 Å². The highest BCUT2D eigenvalue weighted by atomic mass is 16.5. The van der Waals surface area contributed by atoms with Crippen LogP contribution in [0.2, 0.25) is 0 Å². The lowest BCUT2D eigenvalue weighted by Gasteiger charge is -2.23. The van der Waals surface area contributed by atoms with Gasteiger partial charge in [0.2, 0.25) is 0 Å². The minimum absolute atomic E-state index is 0.728. The molecule has 0 N–H and O–H groups in total. The second kappa shape index (κ2) is 7.54. The van der Waals surface area contributed by atoms with Crippen LogP contribution < -0.4 is 0 Å². The zero-order valence-electron chi connectivity index (χ0n) is 14.9. The molecule has 26 heavy (non-hydrogen) atoms. The number of rotatable bonds is 4. The first-order chi connectivity index (χ1) is 12.8. The van der Waals surface area contributed by atoms with Gasteiger partial charge in [0.1, 0.15) is 5.69 Å². The molecule has 0 atom stereocenters. The van der Waals surface area contributed by atoms with E-state index in [1.807, 2.05) is 40.3 Å². The summed E-state index contributed by atoms with van der Waals surface area (Å²) in [6, 6.07) is 18.6. The molecular formula is C21H22N4O. The predicted molar refractivity (Wildman–Crippen MR) is 104 cm³/mol. The van der Waals surface area contributed by atoms with Gasteiger partial charge in [0.15, 0.2) is 0 Å². The molecule has 0 bridgehead atoms. The van der Waals surface area contributed by atoms with E-state index < -0.39 is 0 Å². The first-order valence-electron chi connectivity index (χ1n) is 8.88. The number of hydrogen-bond donors (Lipinski definition) is 0. The SMILES string of the molecule is Cc1ccc(-c2nn(-c3ccccc3)cc2/C=N\N2CCOCC2)cc1. The summed E-state index contributed by atoms with van der Waals surface area (Å²) in [5, 5.41) is 11.5. The molecule has 1 aromatic heterocycles. The Morgan fingerprint density at radius 2 is 1.73 bits per heavy atom. The molecule has 5 nitrogen and oxygen atoms in total. The maximum atomic E-state index is 5.39. The van der Waals surface area contributed by atoms with Crippen LogP contribution in [0.3, 0.4) is 0 Å². The molecule has 0 amide bonds. The summed E-state index contributed by atoms with van der Waals surface area (Å²) in [5.41, 5.74) is 5.30. The largest absolute Gasteiger partial charge is 0.378 e. The molecule has 1 fully saturated rings. The smallest absolute Gasteiger partial charge is 0.102 e. The molecule has 0 spiro atoms. The Bertz CT molecular complexity index is 878. The van der Waals surface area contributed by atoms with Gasteiger partial charge in [-0.15, -0.1) is 0 Å². The lowest BCUT2D eigenvalue weighted by Crippen LogP contribution is -2.32. The molecule has 0 aliphatic carbocycles. The Hall–Kier alpha value is -2.92. The van der Waals surface area contributed by atoms with Crippen molar-refractivity contribution in [3.05, 3.63) is 71.9 Å². The van der Waals surface area contributed by atoms with E-state index in [0.29, 0.717) is 0 Å². The molecule has 132 valence electrons.